The van der Waals surface area contributed by atoms with Gasteiger partial charge in [-0.05, 0) is 24.6 Å². The zero-order valence-electron chi connectivity index (χ0n) is 9.27. The number of aromatic hydroxyl groups is 1. The SMILES string of the molecule is CCOC(=O)Nc1cc(CC(=O)O)ccc1O. The Labute approximate surface area is 97.8 Å². The van der Waals surface area contributed by atoms with Gasteiger partial charge in [0.05, 0.1) is 18.7 Å². The zero-order valence-corrected chi connectivity index (χ0v) is 9.27. The highest BCUT2D eigenvalue weighted by Crippen LogP contribution is 2.24. The Morgan fingerprint density at radius 1 is 1.41 bits per heavy atom. The van der Waals surface area contributed by atoms with Crippen molar-refractivity contribution in [3.05, 3.63) is 23.8 Å². The third-order valence-electron chi connectivity index (χ3n) is 1.93. The molecule has 0 aliphatic carbocycles. The number of nitrogens with one attached hydrogen (secondary N) is 1. The number of phenolic OH excluding ortho intramolecular Hbond substituents is 1. The van der Waals surface area contributed by atoms with Gasteiger partial charge >= 0.3 is 12.1 Å². The van der Waals surface area contributed by atoms with Gasteiger partial charge in [-0.15, -0.1) is 0 Å². The van der Waals surface area contributed by atoms with E-state index in [9.17, 15) is 14.7 Å². The molecule has 0 radical (unpaired) electrons. The van der Waals surface area contributed by atoms with Crippen LogP contribution in [0.3, 0.4) is 0 Å². The van der Waals surface area contributed by atoms with E-state index in [4.69, 9.17) is 5.11 Å². The van der Waals surface area contributed by atoms with E-state index in [1.54, 1.807) is 6.92 Å². The minimum atomic E-state index is -0.988. The van der Waals surface area contributed by atoms with E-state index in [0.29, 0.717) is 5.56 Å². The van der Waals surface area contributed by atoms with Crippen LogP contribution in [0.1, 0.15) is 12.5 Å². The lowest BCUT2D eigenvalue weighted by molar-refractivity contribution is -0.136. The van der Waals surface area contributed by atoms with E-state index < -0.39 is 12.1 Å². The molecule has 0 aromatic heterocycles. The molecule has 6 nitrogen and oxygen atoms in total. The van der Waals surface area contributed by atoms with Gasteiger partial charge in [-0.1, -0.05) is 6.07 Å². The maximum absolute atomic E-state index is 11.1. The van der Waals surface area contributed by atoms with Crippen molar-refractivity contribution in [1.29, 1.82) is 0 Å². The highest BCUT2D eigenvalue weighted by atomic mass is 16.5. The molecule has 0 saturated heterocycles. The first-order valence-electron chi connectivity index (χ1n) is 5.00. The Morgan fingerprint density at radius 2 is 2.12 bits per heavy atom. The number of rotatable bonds is 4. The van der Waals surface area contributed by atoms with Gasteiger partial charge in [-0.25, -0.2) is 4.79 Å². The average Bonchev–Trinajstić information content (AvgIpc) is 2.22. The standard InChI is InChI=1S/C11H13NO5/c1-2-17-11(16)12-8-5-7(6-10(14)15)3-4-9(8)13/h3-5,13H,2,6H2,1H3,(H,12,16)(H,14,15). The van der Waals surface area contributed by atoms with Crippen LogP contribution in [0.2, 0.25) is 0 Å². The Bertz CT molecular complexity index is 430. The summed E-state index contributed by atoms with van der Waals surface area (Å²) in [7, 11) is 0. The van der Waals surface area contributed by atoms with Crippen molar-refractivity contribution >= 4 is 17.7 Å². The van der Waals surface area contributed by atoms with Crippen molar-refractivity contribution in [2.75, 3.05) is 11.9 Å². The molecule has 1 amide bonds. The van der Waals surface area contributed by atoms with Crippen LogP contribution in [0.5, 0.6) is 5.75 Å². The third-order valence-corrected chi connectivity index (χ3v) is 1.93. The first-order valence-corrected chi connectivity index (χ1v) is 5.00. The van der Waals surface area contributed by atoms with Gasteiger partial charge in [0.15, 0.2) is 0 Å². The van der Waals surface area contributed by atoms with Gasteiger partial charge in [0, 0.05) is 0 Å². The van der Waals surface area contributed by atoms with Crippen LogP contribution in [0.4, 0.5) is 10.5 Å². The lowest BCUT2D eigenvalue weighted by Gasteiger charge is -2.08. The molecule has 0 spiro atoms. The summed E-state index contributed by atoms with van der Waals surface area (Å²) in [5.74, 6) is -1.13. The number of carbonyl (C=O) groups excluding carboxylic acids is 1. The van der Waals surface area contributed by atoms with Gasteiger partial charge in [0.1, 0.15) is 5.75 Å². The summed E-state index contributed by atoms with van der Waals surface area (Å²) in [5.41, 5.74) is 0.601. The molecule has 1 rings (SSSR count). The number of hydrogen-bond acceptors (Lipinski definition) is 4. The van der Waals surface area contributed by atoms with Gasteiger partial charge in [0.25, 0.3) is 0 Å². The van der Waals surface area contributed by atoms with Crippen molar-refractivity contribution in [2.45, 2.75) is 13.3 Å². The number of carboxylic acid groups (broad SMARTS) is 1. The molecular formula is C11H13NO5. The fourth-order valence-corrected chi connectivity index (χ4v) is 1.25. The average molecular weight is 239 g/mol. The number of phenols is 1. The molecule has 0 aliphatic rings. The molecule has 92 valence electrons. The first-order chi connectivity index (χ1) is 8.02. The van der Waals surface area contributed by atoms with Gasteiger partial charge < -0.3 is 14.9 Å². The molecule has 0 saturated carbocycles. The summed E-state index contributed by atoms with van der Waals surface area (Å²) < 4.78 is 4.64. The highest BCUT2D eigenvalue weighted by molar-refractivity contribution is 5.87. The van der Waals surface area contributed by atoms with E-state index in [-0.39, 0.29) is 24.5 Å². The summed E-state index contributed by atoms with van der Waals surface area (Å²) >= 11 is 0. The van der Waals surface area contributed by atoms with E-state index in [1.165, 1.54) is 18.2 Å². The number of carboxylic acids is 1. The smallest absolute Gasteiger partial charge is 0.411 e. The Balaban J connectivity index is 2.83. The van der Waals surface area contributed by atoms with Gasteiger partial charge in [-0.3, -0.25) is 10.1 Å². The molecule has 0 heterocycles. The Kier molecular flexibility index (Phi) is 4.33. The van der Waals surface area contributed by atoms with Crippen molar-refractivity contribution in [3.8, 4) is 5.75 Å². The fraction of sp³-hybridized carbons (Fsp3) is 0.273. The number of amides is 1. The summed E-state index contributed by atoms with van der Waals surface area (Å²) in [6, 6.07) is 4.18. The maximum Gasteiger partial charge on any atom is 0.411 e. The number of benzene rings is 1. The van der Waals surface area contributed by atoms with E-state index in [1.807, 2.05) is 0 Å². The molecule has 0 aliphatic heterocycles. The second-order valence-electron chi connectivity index (χ2n) is 3.27. The quantitative estimate of drug-likeness (QED) is 0.693. The molecule has 0 atom stereocenters. The highest BCUT2D eigenvalue weighted by Gasteiger charge is 2.09. The van der Waals surface area contributed by atoms with Gasteiger partial charge in [-0.2, -0.15) is 0 Å². The maximum atomic E-state index is 11.1. The molecular weight excluding hydrogens is 226 g/mol. The van der Waals surface area contributed by atoms with Crippen molar-refractivity contribution < 1.29 is 24.5 Å². The summed E-state index contributed by atoms with van der Waals surface area (Å²) in [4.78, 5) is 21.7. The lowest BCUT2D eigenvalue weighted by atomic mass is 10.1. The number of carbonyl (C=O) groups is 2. The van der Waals surface area contributed by atoms with Crippen molar-refractivity contribution in [3.63, 3.8) is 0 Å². The summed E-state index contributed by atoms with van der Waals surface area (Å²) in [5, 5.41) is 20.4. The monoisotopic (exact) mass is 239 g/mol. The Hall–Kier alpha value is -2.24. The van der Waals surface area contributed by atoms with Crippen molar-refractivity contribution in [2.24, 2.45) is 0 Å². The zero-order chi connectivity index (χ0) is 12.8. The number of ether oxygens (including phenoxy) is 1. The summed E-state index contributed by atoms with van der Waals surface area (Å²) in [6.07, 6.45) is -0.882. The molecule has 17 heavy (non-hydrogen) atoms. The predicted octanol–water partition coefficient (Wildman–Crippen LogP) is 1.59. The van der Waals surface area contributed by atoms with Crippen LogP contribution in [-0.4, -0.2) is 28.9 Å². The topological polar surface area (TPSA) is 95.9 Å². The first kappa shape index (κ1) is 12.8. The second-order valence-corrected chi connectivity index (χ2v) is 3.27. The van der Waals surface area contributed by atoms with Crippen LogP contribution in [0.25, 0.3) is 0 Å². The number of anilines is 1. The third kappa shape index (κ3) is 4.02. The molecule has 6 heteroatoms. The minimum absolute atomic E-state index is 0.127. The Morgan fingerprint density at radius 3 is 2.71 bits per heavy atom. The van der Waals surface area contributed by atoms with E-state index >= 15 is 0 Å². The van der Waals surface area contributed by atoms with E-state index in [0.717, 1.165) is 0 Å². The van der Waals surface area contributed by atoms with Gasteiger partial charge in [0.2, 0.25) is 0 Å². The molecule has 0 unspecified atom stereocenters. The largest absolute Gasteiger partial charge is 0.506 e. The normalized spacial score (nSPS) is 9.71. The molecule has 1 aromatic rings. The number of hydrogen-bond donors (Lipinski definition) is 3. The molecule has 1 aromatic carbocycles. The number of aliphatic carboxylic acids is 1. The minimum Gasteiger partial charge on any atom is -0.506 e. The molecule has 0 fully saturated rings. The van der Waals surface area contributed by atoms with Crippen LogP contribution in [0, 0.1) is 0 Å². The second kappa shape index (κ2) is 5.74. The summed E-state index contributed by atoms with van der Waals surface area (Å²) in [6.45, 7) is 1.86. The lowest BCUT2D eigenvalue weighted by Crippen LogP contribution is -2.13. The van der Waals surface area contributed by atoms with Crippen molar-refractivity contribution in [1.82, 2.24) is 0 Å². The van der Waals surface area contributed by atoms with Crippen LogP contribution in [0.15, 0.2) is 18.2 Å². The van der Waals surface area contributed by atoms with Crippen LogP contribution < -0.4 is 5.32 Å². The van der Waals surface area contributed by atoms with Crippen LogP contribution in [-0.2, 0) is 16.0 Å². The predicted molar refractivity (Wildman–Crippen MR) is 60.1 cm³/mol. The molecule has 3 N–H and O–H groups in total. The van der Waals surface area contributed by atoms with E-state index in [2.05, 4.69) is 10.1 Å². The van der Waals surface area contributed by atoms with Crippen LogP contribution >= 0.6 is 0 Å². The molecule has 0 bridgehead atoms. The fourth-order valence-electron chi connectivity index (χ4n) is 1.25.